The largest absolute Gasteiger partial charge is 0.352 e. The minimum Gasteiger partial charge on any atom is -0.352 e. The first kappa shape index (κ1) is 12.6. The van der Waals surface area contributed by atoms with Gasteiger partial charge in [0.15, 0.2) is 0 Å². The van der Waals surface area contributed by atoms with Gasteiger partial charge in [-0.2, -0.15) is 5.10 Å². The lowest BCUT2D eigenvalue weighted by molar-refractivity contribution is -0.122. The Morgan fingerprint density at radius 2 is 2.29 bits per heavy atom. The van der Waals surface area contributed by atoms with Crippen LogP contribution in [-0.4, -0.2) is 26.1 Å². The number of amides is 1. The lowest BCUT2D eigenvalue weighted by atomic mass is 10.5. The third-order valence-electron chi connectivity index (χ3n) is 3.70. The minimum atomic E-state index is -0.227. The van der Waals surface area contributed by atoms with E-state index >= 15 is 0 Å². The number of carbonyl (C=O) groups is 1. The Bertz CT molecular complexity index is 916. The predicted molar refractivity (Wildman–Crippen MR) is 80.7 cm³/mol. The molecule has 0 atom stereocenters. The monoisotopic (exact) mass is 302 g/mol. The number of aryl methyl sites for hydroxylation is 1. The number of carbonyl (C=O) groups excluding carboxylic acids is 1. The summed E-state index contributed by atoms with van der Waals surface area (Å²) in [5.74, 6) is 0.557. The standard InChI is InChI=1S/C14H14N4O2S/c1-8-16-17(7-13(19)15-9-2-3-9)14(20)11-6-12-10(18(8)11)4-5-21-12/h4-6,9H,2-3,7H2,1H3,(H,15,19). The normalized spacial score (nSPS) is 14.9. The molecule has 0 bridgehead atoms. The van der Waals surface area contributed by atoms with Crippen LogP contribution in [0.15, 0.2) is 22.3 Å². The highest BCUT2D eigenvalue weighted by Crippen LogP contribution is 2.24. The van der Waals surface area contributed by atoms with Gasteiger partial charge in [0.05, 0.1) is 10.2 Å². The van der Waals surface area contributed by atoms with Gasteiger partial charge in [-0.25, -0.2) is 4.68 Å². The minimum absolute atomic E-state index is 0.0223. The molecule has 0 unspecified atom stereocenters. The molecule has 1 aliphatic rings. The number of thiophene rings is 1. The van der Waals surface area contributed by atoms with Gasteiger partial charge in [-0.3, -0.25) is 14.0 Å². The molecule has 3 aromatic heterocycles. The summed E-state index contributed by atoms with van der Waals surface area (Å²) >= 11 is 1.59. The van der Waals surface area contributed by atoms with E-state index in [-0.39, 0.29) is 24.1 Å². The number of nitrogens with zero attached hydrogens (tertiary/aromatic N) is 3. The van der Waals surface area contributed by atoms with Gasteiger partial charge in [0, 0.05) is 6.04 Å². The highest BCUT2D eigenvalue weighted by Gasteiger charge is 2.24. The SMILES string of the molecule is Cc1nn(CC(=O)NC2CC2)c(=O)c2cc3sccc3n12. The molecule has 21 heavy (non-hydrogen) atoms. The Balaban J connectivity index is 1.80. The molecule has 0 saturated heterocycles. The second-order valence-corrected chi connectivity index (χ2v) is 6.33. The fourth-order valence-corrected chi connectivity index (χ4v) is 3.38. The predicted octanol–water partition coefficient (Wildman–Crippen LogP) is 1.30. The summed E-state index contributed by atoms with van der Waals surface area (Å²) in [4.78, 5) is 24.4. The fourth-order valence-electron chi connectivity index (χ4n) is 2.57. The molecule has 7 heteroatoms. The number of hydrogen-bond donors (Lipinski definition) is 1. The summed E-state index contributed by atoms with van der Waals surface area (Å²) in [7, 11) is 0. The molecule has 0 spiro atoms. The average molecular weight is 302 g/mol. The Hall–Kier alpha value is -2.15. The van der Waals surface area contributed by atoms with Crippen LogP contribution in [0.1, 0.15) is 18.7 Å². The maximum Gasteiger partial charge on any atom is 0.291 e. The van der Waals surface area contributed by atoms with Crippen LogP contribution in [0.2, 0.25) is 0 Å². The molecule has 0 aromatic carbocycles. The van der Waals surface area contributed by atoms with Crippen molar-refractivity contribution in [2.75, 3.05) is 0 Å². The fraction of sp³-hybridized carbons (Fsp3) is 0.357. The molecule has 3 heterocycles. The van der Waals surface area contributed by atoms with Gasteiger partial charge < -0.3 is 5.32 Å². The van der Waals surface area contributed by atoms with Gasteiger partial charge in [0.2, 0.25) is 5.91 Å². The van der Waals surface area contributed by atoms with Crippen LogP contribution >= 0.6 is 11.3 Å². The van der Waals surface area contributed by atoms with E-state index in [1.807, 2.05) is 28.8 Å². The first-order valence-electron chi connectivity index (χ1n) is 6.89. The van der Waals surface area contributed by atoms with Crippen LogP contribution in [0.4, 0.5) is 0 Å². The van der Waals surface area contributed by atoms with E-state index in [4.69, 9.17) is 0 Å². The van der Waals surface area contributed by atoms with E-state index in [1.165, 1.54) is 4.68 Å². The average Bonchev–Trinajstić information content (AvgIpc) is 2.99. The summed E-state index contributed by atoms with van der Waals surface area (Å²) in [6.45, 7) is 1.82. The molecular weight excluding hydrogens is 288 g/mol. The van der Waals surface area contributed by atoms with Crippen molar-refractivity contribution < 1.29 is 4.79 Å². The topological polar surface area (TPSA) is 68.4 Å². The van der Waals surface area contributed by atoms with Crippen molar-refractivity contribution in [1.82, 2.24) is 19.5 Å². The Morgan fingerprint density at radius 1 is 1.48 bits per heavy atom. The number of hydrogen-bond acceptors (Lipinski definition) is 4. The molecule has 1 fully saturated rings. The van der Waals surface area contributed by atoms with Crippen molar-refractivity contribution >= 4 is 33.0 Å². The number of aromatic nitrogens is 3. The quantitative estimate of drug-likeness (QED) is 0.793. The first-order valence-corrected chi connectivity index (χ1v) is 7.77. The molecule has 0 aliphatic heterocycles. The molecule has 3 aromatic rings. The van der Waals surface area contributed by atoms with Gasteiger partial charge in [-0.05, 0) is 37.3 Å². The molecule has 1 N–H and O–H groups in total. The Morgan fingerprint density at radius 3 is 3.05 bits per heavy atom. The van der Waals surface area contributed by atoms with Gasteiger partial charge in [0.1, 0.15) is 17.9 Å². The van der Waals surface area contributed by atoms with Gasteiger partial charge >= 0.3 is 0 Å². The molecular formula is C14H14N4O2S. The zero-order valence-corrected chi connectivity index (χ0v) is 12.3. The van der Waals surface area contributed by atoms with E-state index in [1.54, 1.807) is 11.3 Å². The summed E-state index contributed by atoms with van der Waals surface area (Å²) in [6.07, 6.45) is 2.06. The van der Waals surface area contributed by atoms with Gasteiger partial charge in [-0.1, -0.05) is 0 Å². The summed E-state index contributed by atoms with van der Waals surface area (Å²) in [5.41, 5.74) is 1.34. The summed E-state index contributed by atoms with van der Waals surface area (Å²) < 4.78 is 4.16. The van der Waals surface area contributed by atoms with Crippen LogP contribution < -0.4 is 10.9 Å². The van der Waals surface area contributed by atoms with Crippen molar-refractivity contribution in [2.45, 2.75) is 32.4 Å². The molecule has 1 aliphatic carbocycles. The second-order valence-electron chi connectivity index (χ2n) is 5.39. The highest BCUT2D eigenvalue weighted by molar-refractivity contribution is 7.17. The summed E-state index contributed by atoms with van der Waals surface area (Å²) in [5, 5.41) is 9.15. The Kier molecular flexibility index (Phi) is 2.65. The van der Waals surface area contributed by atoms with E-state index in [0.717, 1.165) is 23.1 Å². The molecule has 4 rings (SSSR count). The van der Waals surface area contributed by atoms with Crippen molar-refractivity contribution in [3.05, 3.63) is 33.7 Å². The van der Waals surface area contributed by atoms with Crippen LogP contribution in [0, 0.1) is 6.92 Å². The zero-order chi connectivity index (χ0) is 14.6. The number of nitrogens with one attached hydrogen (secondary N) is 1. The van der Waals surface area contributed by atoms with E-state index in [0.29, 0.717) is 11.3 Å². The van der Waals surface area contributed by atoms with Gasteiger partial charge in [-0.15, -0.1) is 11.3 Å². The number of fused-ring (bicyclic) bond motifs is 3. The molecule has 1 amide bonds. The lowest BCUT2D eigenvalue weighted by Crippen LogP contribution is -2.35. The van der Waals surface area contributed by atoms with E-state index in [9.17, 15) is 9.59 Å². The van der Waals surface area contributed by atoms with Gasteiger partial charge in [0.25, 0.3) is 5.56 Å². The van der Waals surface area contributed by atoms with Crippen molar-refractivity contribution in [1.29, 1.82) is 0 Å². The van der Waals surface area contributed by atoms with Crippen molar-refractivity contribution in [3.63, 3.8) is 0 Å². The van der Waals surface area contributed by atoms with Crippen molar-refractivity contribution in [3.8, 4) is 0 Å². The van der Waals surface area contributed by atoms with Crippen LogP contribution in [0.25, 0.3) is 15.7 Å². The maximum atomic E-state index is 12.5. The molecule has 0 radical (unpaired) electrons. The highest BCUT2D eigenvalue weighted by atomic mass is 32.1. The van der Waals surface area contributed by atoms with E-state index in [2.05, 4.69) is 10.4 Å². The van der Waals surface area contributed by atoms with Crippen LogP contribution in [0.5, 0.6) is 0 Å². The smallest absolute Gasteiger partial charge is 0.291 e. The molecule has 1 saturated carbocycles. The third kappa shape index (κ3) is 2.04. The van der Waals surface area contributed by atoms with Crippen LogP contribution in [-0.2, 0) is 11.3 Å². The van der Waals surface area contributed by atoms with E-state index < -0.39 is 0 Å². The summed E-state index contributed by atoms with van der Waals surface area (Å²) in [6, 6.07) is 4.13. The molecule has 6 nitrogen and oxygen atoms in total. The third-order valence-corrected chi connectivity index (χ3v) is 4.55. The first-order chi connectivity index (χ1) is 10.1. The van der Waals surface area contributed by atoms with Crippen LogP contribution in [0.3, 0.4) is 0 Å². The number of rotatable bonds is 3. The zero-order valence-electron chi connectivity index (χ0n) is 11.5. The Labute approximate surface area is 124 Å². The molecule has 108 valence electrons. The van der Waals surface area contributed by atoms with Crippen molar-refractivity contribution in [2.24, 2.45) is 0 Å². The lowest BCUT2D eigenvalue weighted by Gasteiger charge is -2.08. The second kappa shape index (κ2) is 4.42. The maximum absolute atomic E-state index is 12.5.